The second-order valence-corrected chi connectivity index (χ2v) is 7.52. The van der Waals surface area contributed by atoms with Crippen molar-refractivity contribution in [3.05, 3.63) is 53.6 Å². The first-order valence-corrected chi connectivity index (χ1v) is 9.05. The van der Waals surface area contributed by atoms with Crippen molar-refractivity contribution in [2.75, 3.05) is 7.11 Å². The topological polar surface area (TPSA) is 35.5 Å². The molecule has 21 heavy (non-hydrogen) atoms. The molecule has 0 N–H and O–H groups in total. The first-order chi connectivity index (χ1) is 9.96. The van der Waals surface area contributed by atoms with Crippen LogP contribution in [-0.2, 0) is 26.4 Å². The number of hydrogen-bond donors (Lipinski definition) is 0. The van der Waals surface area contributed by atoms with E-state index in [1.54, 1.807) is 37.4 Å². The molecular weight excluding hydrogens is 304 g/mol. The summed E-state index contributed by atoms with van der Waals surface area (Å²) in [7, 11) is -1.40. The van der Waals surface area contributed by atoms with Gasteiger partial charge in [-0.15, -0.1) is 0 Å². The highest BCUT2D eigenvalue weighted by molar-refractivity contribution is 8.30. The number of benzene rings is 2. The summed E-state index contributed by atoms with van der Waals surface area (Å²) in [6, 6.07) is 12.4. The van der Waals surface area contributed by atoms with E-state index in [0.29, 0.717) is 16.4 Å². The first kappa shape index (κ1) is 15.8. The zero-order valence-corrected chi connectivity index (χ0v) is 13.9. The molecule has 2 aromatic carbocycles. The molecule has 0 aliphatic heterocycles. The lowest BCUT2D eigenvalue weighted by molar-refractivity contribution is 0.414. The zero-order valence-electron chi connectivity index (χ0n) is 12.3. The van der Waals surface area contributed by atoms with Gasteiger partial charge in [-0.3, -0.25) is 0 Å². The highest BCUT2D eigenvalue weighted by Gasteiger charge is 2.14. The van der Waals surface area contributed by atoms with Crippen molar-refractivity contribution in [2.45, 2.75) is 25.2 Å². The average molecular weight is 322 g/mol. The molecule has 0 amide bonds. The lowest BCUT2D eigenvalue weighted by Crippen LogP contribution is -2.09. The van der Waals surface area contributed by atoms with Gasteiger partial charge in [-0.05, 0) is 60.9 Å². The Morgan fingerprint density at radius 3 is 2.29 bits per heavy atom. The number of methoxy groups -OCH3 is 1. The van der Waals surface area contributed by atoms with Crippen molar-refractivity contribution in [2.24, 2.45) is 0 Å². The van der Waals surface area contributed by atoms with Crippen molar-refractivity contribution in [3.8, 4) is 11.5 Å². The summed E-state index contributed by atoms with van der Waals surface area (Å²) in [4.78, 5) is 0.538. The van der Waals surface area contributed by atoms with Crippen LogP contribution in [0.1, 0.15) is 18.1 Å². The Hall–Kier alpha value is -1.59. The Labute approximate surface area is 130 Å². The number of ether oxygens (including phenoxy) is 1. The van der Waals surface area contributed by atoms with Gasteiger partial charge in [-0.2, -0.15) is 0 Å². The Kier molecular flexibility index (Phi) is 4.85. The maximum Gasteiger partial charge on any atom is 0.215 e. The van der Waals surface area contributed by atoms with Crippen LogP contribution in [0.15, 0.2) is 47.4 Å². The first-order valence-electron chi connectivity index (χ1n) is 6.64. The van der Waals surface area contributed by atoms with Crippen LogP contribution < -0.4 is 8.92 Å². The van der Waals surface area contributed by atoms with Gasteiger partial charge in [0.25, 0.3) is 0 Å². The van der Waals surface area contributed by atoms with Gasteiger partial charge >= 0.3 is 0 Å². The monoisotopic (exact) mass is 322 g/mol. The minimum atomic E-state index is -2.99. The van der Waals surface area contributed by atoms with Gasteiger partial charge in [0.15, 0.2) is 0 Å². The van der Waals surface area contributed by atoms with Crippen LogP contribution in [0.4, 0.5) is 0 Å². The smallest absolute Gasteiger partial charge is 0.215 e. The molecule has 5 heteroatoms. The van der Waals surface area contributed by atoms with Gasteiger partial charge in [-0.25, -0.2) is 4.21 Å². The molecule has 1 atom stereocenters. The summed E-state index contributed by atoms with van der Waals surface area (Å²) in [6.45, 7) is 4.08. The summed E-state index contributed by atoms with van der Waals surface area (Å²) in [5.74, 6) is 1.18. The second-order valence-electron chi connectivity index (χ2n) is 4.65. The Balaban J connectivity index is 2.29. The largest absolute Gasteiger partial charge is 0.497 e. The molecule has 0 spiro atoms. The van der Waals surface area contributed by atoms with E-state index in [-0.39, 0.29) is 0 Å². The van der Waals surface area contributed by atoms with Crippen molar-refractivity contribution in [1.29, 1.82) is 0 Å². The molecule has 0 fully saturated rings. The summed E-state index contributed by atoms with van der Waals surface area (Å²) in [6.07, 6.45) is 0.868. The molecule has 0 aromatic heterocycles. The van der Waals surface area contributed by atoms with Crippen LogP contribution >= 0.6 is 0 Å². The average Bonchev–Trinajstić information content (AvgIpc) is 2.48. The van der Waals surface area contributed by atoms with Gasteiger partial charge in [0.2, 0.25) is 8.77 Å². The Morgan fingerprint density at radius 1 is 1.10 bits per heavy atom. The third kappa shape index (κ3) is 3.74. The molecule has 0 radical (unpaired) electrons. The number of hydrogen-bond acceptors (Lipinski definition) is 4. The van der Waals surface area contributed by atoms with Gasteiger partial charge < -0.3 is 8.92 Å². The Bertz CT molecular complexity index is 720. The van der Waals surface area contributed by atoms with Crippen LogP contribution in [0, 0.1) is 6.92 Å². The van der Waals surface area contributed by atoms with Gasteiger partial charge in [-0.1, -0.05) is 13.0 Å². The molecule has 0 aliphatic carbocycles. The molecule has 112 valence electrons. The minimum Gasteiger partial charge on any atom is -0.497 e. The predicted molar refractivity (Wildman–Crippen MR) is 88.0 cm³/mol. The van der Waals surface area contributed by atoms with Gasteiger partial charge in [0, 0.05) is 11.2 Å². The van der Waals surface area contributed by atoms with Crippen LogP contribution in [0.25, 0.3) is 0 Å². The van der Waals surface area contributed by atoms with E-state index in [9.17, 15) is 4.21 Å². The molecular formula is C16H18O3S2. The van der Waals surface area contributed by atoms with Gasteiger partial charge in [0.05, 0.1) is 12.0 Å². The third-order valence-corrected chi connectivity index (χ3v) is 5.28. The normalized spacial score (nSPS) is 13.5. The van der Waals surface area contributed by atoms with E-state index in [4.69, 9.17) is 20.1 Å². The number of rotatable bonds is 5. The van der Waals surface area contributed by atoms with E-state index in [0.717, 1.165) is 17.5 Å². The summed E-state index contributed by atoms with van der Waals surface area (Å²) in [5.41, 5.74) is 2.29. The molecule has 0 bridgehead atoms. The van der Waals surface area contributed by atoms with E-state index in [2.05, 4.69) is 6.92 Å². The van der Waals surface area contributed by atoms with Gasteiger partial charge in [0.1, 0.15) is 11.5 Å². The van der Waals surface area contributed by atoms with E-state index < -0.39 is 8.77 Å². The fourth-order valence-electron chi connectivity index (χ4n) is 1.99. The molecule has 0 heterocycles. The Morgan fingerprint density at radius 2 is 1.71 bits per heavy atom. The summed E-state index contributed by atoms with van der Waals surface area (Å²) in [5, 5.41) is 0. The number of aryl methyl sites for hydroxylation is 2. The predicted octanol–water partition coefficient (Wildman–Crippen LogP) is 3.67. The van der Waals surface area contributed by atoms with Crippen LogP contribution in [0.2, 0.25) is 0 Å². The lowest BCUT2D eigenvalue weighted by Gasteiger charge is -2.12. The lowest BCUT2D eigenvalue weighted by atomic mass is 10.1. The molecule has 3 nitrogen and oxygen atoms in total. The summed E-state index contributed by atoms with van der Waals surface area (Å²) >= 11 is 5.18. The van der Waals surface area contributed by atoms with Crippen molar-refractivity contribution in [3.63, 3.8) is 0 Å². The van der Waals surface area contributed by atoms with Crippen LogP contribution in [0.5, 0.6) is 11.5 Å². The molecule has 0 aliphatic rings. The maximum atomic E-state index is 12.7. The van der Waals surface area contributed by atoms with E-state index in [1.807, 2.05) is 19.1 Å². The van der Waals surface area contributed by atoms with Crippen LogP contribution in [-0.4, -0.2) is 11.3 Å². The second kappa shape index (κ2) is 6.45. The van der Waals surface area contributed by atoms with E-state index >= 15 is 0 Å². The molecule has 0 saturated heterocycles. The third-order valence-electron chi connectivity index (χ3n) is 3.26. The van der Waals surface area contributed by atoms with Crippen molar-refractivity contribution in [1.82, 2.24) is 0 Å². The SMILES string of the molecule is CCc1cc(S(=O)(=S)Oc2ccc(OC)cc2)ccc1C. The molecule has 2 rings (SSSR count). The fourth-order valence-corrected chi connectivity index (χ4v) is 3.52. The fraction of sp³-hybridized carbons (Fsp3) is 0.250. The maximum absolute atomic E-state index is 12.7. The summed E-state index contributed by atoms with van der Waals surface area (Å²) < 4.78 is 23.2. The van der Waals surface area contributed by atoms with Crippen LogP contribution in [0.3, 0.4) is 0 Å². The van der Waals surface area contributed by atoms with Crippen molar-refractivity contribution >= 4 is 20.0 Å². The highest BCUT2D eigenvalue weighted by atomic mass is 32.8. The zero-order chi connectivity index (χ0) is 15.5. The molecule has 0 saturated carbocycles. The minimum absolute atomic E-state index is 0.467. The quantitative estimate of drug-likeness (QED) is 0.841. The molecule has 2 aromatic rings. The molecule has 1 unspecified atom stereocenters. The van der Waals surface area contributed by atoms with E-state index in [1.165, 1.54) is 0 Å². The standard InChI is InChI=1S/C16H18O3S2/c1-4-13-11-16(10-5-12(13)2)21(17,20)19-15-8-6-14(18-3)7-9-15/h5-11H,4H2,1-3H3. The van der Waals surface area contributed by atoms with Crippen molar-refractivity contribution < 1.29 is 13.1 Å². The highest BCUT2D eigenvalue weighted by Crippen LogP contribution is 2.23.